The molecule has 4 amide bonds. The molecule has 3 saturated heterocycles. The molecule has 10 heteroatoms. The highest BCUT2D eigenvalue weighted by molar-refractivity contribution is 7.88. The van der Waals surface area contributed by atoms with Crippen molar-refractivity contribution in [2.45, 2.75) is 43.9 Å². The van der Waals surface area contributed by atoms with Crippen LogP contribution in [-0.4, -0.2) is 77.1 Å². The van der Waals surface area contributed by atoms with E-state index in [1.165, 1.54) is 0 Å². The van der Waals surface area contributed by atoms with Crippen LogP contribution in [0.25, 0.3) is 0 Å². The number of urea groups is 2. The number of piperidine rings is 1. The Morgan fingerprint density at radius 2 is 1.78 bits per heavy atom. The third kappa shape index (κ3) is 3.33. The molecule has 27 heavy (non-hydrogen) atoms. The molecule has 4 heterocycles. The van der Waals surface area contributed by atoms with Crippen molar-refractivity contribution >= 4 is 22.1 Å². The maximum absolute atomic E-state index is 13.0. The Morgan fingerprint density at radius 3 is 2.33 bits per heavy atom. The summed E-state index contributed by atoms with van der Waals surface area (Å²) >= 11 is 0. The van der Waals surface area contributed by atoms with Gasteiger partial charge in [-0.2, -0.15) is 0 Å². The minimum Gasteiger partial charge on any atom is -0.490 e. The number of rotatable bonds is 3. The minimum absolute atomic E-state index is 0.00294. The molecule has 0 radical (unpaired) electrons. The number of amides is 4. The first-order chi connectivity index (χ1) is 12.8. The van der Waals surface area contributed by atoms with Crippen molar-refractivity contribution in [2.75, 3.05) is 19.3 Å². The molecule has 0 spiro atoms. The third-order valence-electron chi connectivity index (χ3n) is 5.47. The highest BCUT2D eigenvalue weighted by atomic mass is 32.2. The fourth-order valence-corrected chi connectivity index (χ4v) is 5.08. The molecule has 0 saturated carbocycles. The summed E-state index contributed by atoms with van der Waals surface area (Å²) in [6.45, 7) is 0.109. The van der Waals surface area contributed by atoms with Gasteiger partial charge in [0.15, 0.2) is 0 Å². The minimum atomic E-state index is -3.66. The van der Waals surface area contributed by atoms with E-state index in [1.54, 1.807) is 17.3 Å². The predicted octanol–water partition coefficient (Wildman–Crippen LogP) is 1.27. The zero-order chi connectivity index (χ0) is 19.2. The summed E-state index contributed by atoms with van der Waals surface area (Å²) in [7, 11) is -3.66. The molecule has 4 rings (SSSR count). The summed E-state index contributed by atoms with van der Waals surface area (Å²) in [5.41, 5.74) is 0. The number of hydrogen-bond acceptors (Lipinski definition) is 6. The van der Waals surface area contributed by atoms with Crippen molar-refractivity contribution in [2.24, 2.45) is 0 Å². The molecule has 3 aliphatic rings. The lowest BCUT2D eigenvalue weighted by Crippen LogP contribution is -2.54. The molecule has 0 aromatic carbocycles. The maximum atomic E-state index is 13.0. The topological polar surface area (TPSA) is 100 Å². The van der Waals surface area contributed by atoms with Crippen LogP contribution in [0.1, 0.15) is 25.7 Å². The molecule has 2 bridgehead atoms. The zero-order valence-electron chi connectivity index (χ0n) is 15.0. The third-order valence-corrected chi connectivity index (χ3v) is 6.60. The van der Waals surface area contributed by atoms with Crippen LogP contribution in [0.5, 0.6) is 5.75 Å². The van der Waals surface area contributed by atoms with Gasteiger partial charge < -0.3 is 9.64 Å². The molecule has 3 aliphatic heterocycles. The molecule has 3 fully saturated rings. The number of carbonyl (C=O) groups is 2. The molecular weight excluding hydrogens is 372 g/mol. The Hall–Kier alpha value is -2.36. The normalized spacial score (nSPS) is 28.0. The van der Waals surface area contributed by atoms with E-state index in [9.17, 15) is 18.0 Å². The molecule has 0 aliphatic carbocycles. The zero-order valence-corrected chi connectivity index (χ0v) is 15.8. The van der Waals surface area contributed by atoms with E-state index in [0.717, 1.165) is 34.1 Å². The van der Waals surface area contributed by atoms with Crippen LogP contribution in [0.2, 0.25) is 0 Å². The van der Waals surface area contributed by atoms with Crippen LogP contribution < -0.4 is 4.74 Å². The van der Waals surface area contributed by atoms with E-state index in [4.69, 9.17) is 4.74 Å². The molecule has 0 unspecified atom stereocenters. The first kappa shape index (κ1) is 18.0. The molecule has 146 valence electrons. The Balaban J connectivity index is 1.44. The van der Waals surface area contributed by atoms with E-state index in [0.29, 0.717) is 12.8 Å². The van der Waals surface area contributed by atoms with Crippen LogP contribution in [0.15, 0.2) is 24.5 Å². The number of aromatic nitrogens is 1. The quantitative estimate of drug-likeness (QED) is 0.765. The standard InChI is InChI=1S/C17H22N4O5S/c1-27(24,25)20-9-8-19(16(20)22)17(23)21-12-2-3-13(21)11-15(10-12)26-14-4-6-18-7-5-14/h4-7,12-13,15H,2-3,8-11H2,1H3/t12-,13-/m0/s1. The van der Waals surface area contributed by atoms with E-state index in [1.807, 2.05) is 12.1 Å². The number of carbonyl (C=O) groups excluding carboxylic acids is 2. The van der Waals surface area contributed by atoms with Crippen LogP contribution in [-0.2, 0) is 10.0 Å². The Kier molecular flexibility index (Phi) is 4.45. The SMILES string of the molecule is CS(=O)(=O)N1CCN(C(=O)N2[C@H]3CC[C@H]2CC(Oc2ccncc2)C3)C1=O. The van der Waals surface area contributed by atoms with Crippen LogP contribution in [0.4, 0.5) is 9.59 Å². The smallest absolute Gasteiger partial charge is 0.341 e. The van der Waals surface area contributed by atoms with Gasteiger partial charge in [-0.15, -0.1) is 0 Å². The van der Waals surface area contributed by atoms with Crippen molar-refractivity contribution in [3.05, 3.63) is 24.5 Å². The summed E-state index contributed by atoms with van der Waals surface area (Å²) in [5.74, 6) is 0.757. The van der Waals surface area contributed by atoms with Crippen LogP contribution in [0.3, 0.4) is 0 Å². The van der Waals surface area contributed by atoms with Gasteiger partial charge in [0.05, 0.1) is 19.3 Å². The van der Waals surface area contributed by atoms with Crippen molar-refractivity contribution in [1.82, 2.24) is 19.1 Å². The van der Waals surface area contributed by atoms with Gasteiger partial charge in [-0.05, 0) is 25.0 Å². The van der Waals surface area contributed by atoms with E-state index in [-0.39, 0.29) is 37.3 Å². The monoisotopic (exact) mass is 394 g/mol. The van der Waals surface area contributed by atoms with Gasteiger partial charge in [0, 0.05) is 37.3 Å². The number of sulfonamides is 1. The van der Waals surface area contributed by atoms with Gasteiger partial charge in [-0.1, -0.05) is 0 Å². The molecule has 1 aromatic heterocycles. The van der Waals surface area contributed by atoms with E-state index < -0.39 is 16.1 Å². The lowest BCUT2D eigenvalue weighted by molar-refractivity contribution is 0.0602. The van der Waals surface area contributed by atoms with E-state index >= 15 is 0 Å². The lowest BCUT2D eigenvalue weighted by atomic mass is 10.00. The first-order valence-corrected chi connectivity index (χ1v) is 10.9. The first-order valence-electron chi connectivity index (χ1n) is 9.03. The van der Waals surface area contributed by atoms with Crippen LogP contribution >= 0.6 is 0 Å². The summed E-state index contributed by atoms with van der Waals surface area (Å²) in [4.78, 5) is 32.1. The summed E-state index contributed by atoms with van der Waals surface area (Å²) in [6, 6.07) is 2.48. The largest absolute Gasteiger partial charge is 0.490 e. The average Bonchev–Trinajstić information content (AvgIpc) is 3.13. The summed E-state index contributed by atoms with van der Waals surface area (Å²) in [5, 5.41) is 0. The van der Waals surface area contributed by atoms with Crippen molar-refractivity contribution < 1.29 is 22.7 Å². The average molecular weight is 394 g/mol. The van der Waals surface area contributed by atoms with Crippen molar-refractivity contribution in [3.63, 3.8) is 0 Å². The number of ether oxygens (including phenoxy) is 1. The Morgan fingerprint density at radius 1 is 1.15 bits per heavy atom. The molecule has 9 nitrogen and oxygen atoms in total. The predicted molar refractivity (Wildman–Crippen MR) is 95.6 cm³/mol. The second-order valence-corrected chi connectivity index (χ2v) is 9.15. The fraction of sp³-hybridized carbons (Fsp3) is 0.588. The number of pyridine rings is 1. The molecule has 2 atom stereocenters. The van der Waals surface area contributed by atoms with Gasteiger partial charge in [-0.3, -0.25) is 4.98 Å². The Bertz CT molecular complexity index is 832. The highest BCUT2D eigenvalue weighted by Gasteiger charge is 2.48. The molecule has 1 aromatic rings. The number of fused-ring (bicyclic) bond motifs is 2. The van der Waals surface area contributed by atoms with Gasteiger partial charge >= 0.3 is 12.1 Å². The number of hydrogen-bond donors (Lipinski definition) is 0. The Labute approximate surface area is 157 Å². The number of nitrogens with zero attached hydrogens (tertiary/aromatic N) is 4. The molecule has 0 N–H and O–H groups in total. The van der Waals surface area contributed by atoms with Crippen LogP contribution in [0, 0.1) is 0 Å². The lowest BCUT2D eigenvalue weighted by Gasteiger charge is -2.40. The van der Waals surface area contributed by atoms with Crippen molar-refractivity contribution in [3.8, 4) is 5.75 Å². The van der Waals surface area contributed by atoms with E-state index in [2.05, 4.69) is 4.98 Å². The van der Waals surface area contributed by atoms with Gasteiger partial charge in [0.1, 0.15) is 11.9 Å². The maximum Gasteiger partial charge on any atom is 0.341 e. The fourth-order valence-electron chi connectivity index (χ4n) is 4.29. The summed E-state index contributed by atoms with van der Waals surface area (Å²) in [6.07, 6.45) is 7.46. The van der Waals surface area contributed by atoms with Gasteiger partial charge in [0.25, 0.3) is 0 Å². The van der Waals surface area contributed by atoms with Crippen molar-refractivity contribution in [1.29, 1.82) is 0 Å². The summed E-state index contributed by atoms with van der Waals surface area (Å²) < 4.78 is 30.1. The molecular formula is C17H22N4O5S. The van der Waals surface area contributed by atoms with Gasteiger partial charge in [-0.25, -0.2) is 27.2 Å². The second-order valence-electron chi connectivity index (χ2n) is 7.24. The van der Waals surface area contributed by atoms with Gasteiger partial charge in [0.2, 0.25) is 10.0 Å². The highest BCUT2D eigenvalue weighted by Crippen LogP contribution is 2.38. The number of imide groups is 1. The second kappa shape index (κ2) is 6.66.